The van der Waals surface area contributed by atoms with Crippen molar-refractivity contribution in [1.29, 1.82) is 0 Å². The first-order valence-corrected chi connectivity index (χ1v) is 11.5. The molecule has 0 rings (SSSR count). The molecule has 0 unspecified atom stereocenters. The van der Waals surface area contributed by atoms with E-state index in [1.807, 2.05) is 13.8 Å². The van der Waals surface area contributed by atoms with Crippen LogP contribution in [0.5, 0.6) is 0 Å². The van der Waals surface area contributed by atoms with E-state index in [0.717, 1.165) is 30.3 Å². The summed E-state index contributed by atoms with van der Waals surface area (Å²) in [7, 11) is 6.36. The van der Waals surface area contributed by atoms with E-state index in [4.69, 9.17) is 5.73 Å². The Morgan fingerprint density at radius 3 is 1.82 bits per heavy atom. The number of hydrogen-bond acceptors (Lipinski definition) is 3. The van der Waals surface area contributed by atoms with E-state index >= 15 is 0 Å². The number of amides is 2. The molecule has 0 aliphatic heterocycles. The summed E-state index contributed by atoms with van der Waals surface area (Å²) >= 11 is 0. The molecular formula is C23H48N3O2+. The summed E-state index contributed by atoms with van der Waals surface area (Å²) in [5.41, 5.74) is 6.05. The van der Waals surface area contributed by atoms with Gasteiger partial charge in [0.05, 0.1) is 33.7 Å². The van der Waals surface area contributed by atoms with Gasteiger partial charge >= 0.3 is 0 Å². The molecule has 5 nitrogen and oxygen atoms in total. The Bertz CT molecular complexity index is 430. The van der Waals surface area contributed by atoms with Crippen molar-refractivity contribution >= 4 is 11.8 Å². The summed E-state index contributed by atoms with van der Waals surface area (Å²) in [4.78, 5) is 26.9. The fourth-order valence-corrected chi connectivity index (χ4v) is 3.25. The fraction of sp³-hybridized carbons (Fsp3) is 0.913. The van der Waals surface area contributed by atoms with Gasteiger partial charge in [-0.05, 0) is 12.3 Å². The molecule has 2 amide bonds. The summed E-state index contributed by atoms with van der Waals surface area (Å²) in [6.45, 7) is 7.49. The van der Waals surface area contributed by atoms with Gasteiger partial charge in [0.1, 0.15) is 0 Å². The maximum absolute atomic E-state index is 12.7. The molecule has 0 fully saturated rings. The first kappa shape index (κ1) is 27.1. The molecular weight excluding hydrogens is 350 g/mol. The van der Waals surface area contributed by atoms with Gasteiger partial charge < -0.3 is 10.2 Å². The van der Waals surface area contributed by atoms with Crippen molar-refractivity contribution in [3.05, 3.63) is 0 Å². The third kappa shape index (κ3) is 13.3. The average Bonchev–Trinajstić information content (AvgIpc) is 2.61. The monoisotopic (exact) mass is 398 g/mol. The first-order chi connectivity index (χ1) is 13.1. The van der Waals surface area contributed by atoms with Crippen molar-refractivity contribution in [1.82, 2.24) is 4.90 Å². The van der Waals surface area contributed by atoms with E-state index in [1.54, 1.807) is 0 Å². The van der Waals surface area contributed by atoms with Crippen LogP contribution in [0, 0.1) is 5.92 Å². The minimum absolute atomic E-state index is 0.0360. The van der Waals surface area contributed by atoms with Gasteiger partial charge in [-0.15, -0.1) is 0 Å². The van der Waals surface area contributed by atoms with Crippen LogP contribution in [0.15, 0.2) is 0 Å². The zero-order valence-electron chi connectivity index (χ0n) is 19.6. The van der Waals surface area contributed by atoms with E-state index in [9.17, 15) is 9.59 Å². The molecule has 0 radical (unpaired) electrons. The maximum atomic E-state index is 12.7. The van der Waals surface area contributed by atoms with E-state index in [-0.39, 0.29) is 17.7 Å². The topological polar surface area (TPSA) is 63.4 Å². The number of carbonyl (C=O) groups is 2. The zero-order chi connectivity index (χ0) is 21.6. The predicted octanol–water partition coefficient (Wildman–Crippen LogP) is 4.34. The fourth-order valence-electron chi connectivity index (χ4n) is 3.25. The molecule has 1 atom stereocenters. The van der Waals surface area contributed by atoms with Crippen LogP contribution in [-0.4, -0.2) is 61.5 Å². The highest BCUT2D eigenvalue weighted by atomic mass is 16.2. The summed E-state index contributed by atoms with van der Waals surface area (Å²) < 4.78 is 0.824. The van der Waals surface area contributed by atoms with Crippen molar-refractivity contribution < 1.29 is 14.1 Å². The lowest BCUT2D eigenvalue weighted by Crippen LogP contribution is -2.50. The highest BCUT2D eigenvalue weighted by molar-refractivity contribution is 5.97. The largest absolute Gasteiger partial charge is 0.331 e. The van der Waals surface area contributed by atoms with Crippen LogP contribution in [0.3, 0.4) is 0 Å². The summed E-state index contributed by atoms with van der Waals surface area (Å²) in [5, 5.41) is 0. The van der Waals surface area contributed by atoms with Crippen LogP contribution in [0.25, 0.3) is 0 Å². The Hall–Kier alpha value is -0.940. The summed E-state index contributed by atoms with van der Waals surface area (Å²) in [6.07, 6.45) is 12.2. The van der Waals surface area contributed by atoms with Crippen LogP contribution < -0.4 is 5.73 Å². The lowest BCUT2D eigenvalue weighted by atomic mass is 10.0. The zero-order valence-corrected chi connectivity index (χ0v) is 19.6. The Labute approximate surface area is 174 Å². The van der Waals surface area contributed by atoms with Crippen LogP contribution in [0.1, 0.15) is 91.4 Å². The van der Waals surface area contributed by atoms with Crippen LogP contribution >= 0.6 is 0 Å². The van der Waals surface area contributed by atoms with Gasteiger partial charge in [0.25, 0.3) is 0 Å². The van der Waals surface area contributed by atoms with E-state index in [1.165, 1.54) is 49.8 Å². The second-order valence-corrected chi connectivity index (χ2v) is 9.60. The molecule has 0 spiro atoms. The minimum atomic E-state index is -0.601. The number of hydrogen-bond donors (Lipinski definition) is 1. The van der Waals surface area contributed by atoms with Gasteiger partial charge in [0.15, 0.2) is 0 Å². The number of carbonyl (C=O) groups excluding carboxylic acids is 2. The highest BCUT2D eigenvalue weighted by Gasteiger charge is 2.28. The lowest BCUT2D eigenvalue weighted by Gasteiger charge is -2.28. The van der Waals surface area contributed by atoms with E-state index in [2.05, 4.69) is 28.1 Å². The van der Waals surface area contributed by atoms with Gasteiger partial charge in [0, 0.05) is 19.4 Å². The standard InChI is InChI=1S/C23H48N3O2/c1-7-8-9-10-11-12-13-14-15-17-21(27)25(18-16-19-26(4,5)6)23(28)22(24)20(2)3/h20,22H,7-19,24H2,1-6H3/q+1/t22-/m0/s1. The van der Waals surface area contributed by atoms with Gasteiger partial charge in [-0.25, -0.2) is 0 Å². The van der Waals surface area contributed by atoms with Crippen molar-refractivity contribution in [3.8, 4) is 0 Å². The molecule has 0 saturated carbocycles. The van der Waals surface area contributed by atoms with E-state index < -0.39 is 6.04 Å². The Morgan fingerprint density at radius 1 is 0.857 bits per heavy atom. The molecule has 0 saturated heterocycles. The third-order valence-corrected chi connectivity index (χ3v) is 5.28. The van der Waals surface area contributed by atoms with Crippen LogP contribution in [0.4, 0.5) is 0 Å². The first-order valence-electron chi connectivity index (χ1n) is 11.5. The summed E-state index contributed by atoms with van der Waals surface area (Å²) in [5.74, 6) is -0.225. The number of quaternary nitrogens is 1. The van der Waals surface area contributed by atoms with Gasteiger partial charge in [-0.3, -0.25) is 14.5 Å². The molecule has 0 aliphatic carbocycles. The van der Waals surface area contributed by atoms with Crippen LogP contribution in [-0.2, 0) is 9.59 Å². The average molecular weight is 399 g/mol. The van der Waals surface area contributed by atoms with E-state index in [0.29, 0.717) is 13.0 Å². The van der Waals surface area contributed by atoms with Crippen molar-refractivity contribution in [2.75, 3.05) is 34.2 Å². The molecule has 0 bridgehead atoms. The number of nitrogens with two attached hydrogens (primary N) is 1. The smallest absolute Gasteiger partial charge is 0.246 e. The number of unbranched alkanes of at least 4 members (excludes halogenated alkanes) is 8. The van der Waals surface area contributed by atoms with Gasteiger partial charge in [-0.1, -0.05) is 72.1 Å². The molecule has 2 N–H and O–H groups in total. The lowest BCUT2D eigenvalue weighted by molar-refractivity contribution is -0.870. The number of rotatable bonds is 16. The van der Waals surface area contributed by atoms with Crippen LogP contribution in [0.2, 0.25) is 0 Å². The molecule has 28 heavy (non-hydrogen) atoms. The molecule has 0 aromatic rings. The second-order valence-electron chi connectivity index (χ2n) is 9.60. The molecule has 0 aromatic carbocycles. The Balaban J connectivity index is 4.37. The molecule has 0 heterocycles. The minimum Gasteiger partial charge on any atom is -0.331 e. The SMILES string of the molecule is CCCCCCCCCCCC(=O)N(CCC[N+](C)(C)C)C(=O)[C@@H](N)C(C)C. The van der Waals surface area contributed by atoms with Gasteiger partial charge in [-0.2, -0.15) is 0 Å². The molecule has 0 aliphatic rings. The Kier molecular flexibility index (Phi) is 14.5. The highest BCUT2D eigenvalue weighted by Crippen LogP contribution is 2.13. The summed E-state index contributed by atoms with van der Waals surface area (Å²) in [6, 6.07) is -0.601. The molecule has 166 valence electrons. The number of imide groups is 1. The van der Waals surface area contributed by atoms with Crippen molar-refractivity contribution in [2.45, 2.75) is 97.4 Å². The van der Waals surface area contributed by atoms with Crippen molar-refractivity contribution in [2.24, 2.45) is 11.7 Å². The molecule has 0 aromatic heterocycles. The van der Waals surface area contributed by atoms with Gasteiger partial charge in [0.2, 0.25) is 11.8 Å². The quantitative estimate of drug-likeness (QED) is 0.311. The third-order valence-electron chi connectivity index (χ3n) is 5.28. The Morgan fingerprint density at radius 2 is 1.36 bits per heavy atom. The maximum Gasteiger partial charge on any atom is 0.246 e. The second kappa shape index (κ2) is 15.0. The van der Waals surface area contributed by atoms with Crippen molar-refractivity contribution in [3.63, 3.8) is 0 Å². The molecule has 5 heteroatoms. The number of nitrogens with zero attached hydrogens (tertiary/aromatic N) is 2. The normalized spacial score (nSPS) is 13.0. The predicted molar refractivity (Wildman–Crippen MR) is 119 cm³/mol.